The third kappa shape index (κ3) is 41.1. The summed E-state index contributed by atoms with van der Waals surface area (Å²) in [5.41, 5.74) is 17.9. The summed E-state index contributed by atoms with van der Waals surface area (Å²) in [6.45, 7) is 13.4. The molecule has 0 atom stereocenters. The molecule has 2 aromatic carbocycles. The average molecular weight is 1250 g/mol. The molecule has 0 unspecified atom stereocenters. The van der Waals surface area contributed by atoms with Crippen molar-refractivity contribution in [2.24, 2.45) is 11.7 Å². The van der Waals surface area contributed by atoms with Crippen LogP contribution < -0.4 is 33.4 Å². The first-order chi connectivity index (χ1) is 32.6. The molecule has 2 heterocycles. The van der Waals surface area contributed by atoms with Crippen LogP contribution in [-0.2, 0) is 58.2 Å². The number of alkyl halides is 3. The number of carboxylic acid groups (broad SMARTS) is 1. The molecule has 0 spiro atoms. The van der Waals surface area contributed by atoms with Crippen molar-refractivity contribution in [2.75, 3.05) is 13.2 Å². The van der Waals surface area contributed by atoms with Crippen LogP contribution in [0.15, 0.2) is 66.1 Å². The second kappa shape index (κ2) is 39.1. The predicted molar refractivity (Wildman–Crippen MR) is 265 cm³/mol. The second-order valence-corrected chi connectivity index (χ2v) is 14.9. The van der Waals surface area contributed by atoms with E-state index in [1.165, 1.54) is 38.0 Å². The summed E-state index contributed by atoms with van der Waals surface area (Å²) in [5, 5.41) is 23.8. The van der Waals surface area contributed by atoms with Crippen LogP contribution >= 0.6 is 32.8 Å². The molecule has 0 aliphatic heterocycles. The van der Waals surface area contributed by atoms with Crippen LogP contribution in [0.1, 0.15) is 67.1 Å². The number of carbonyl (C=O) groups is 6. The number of aliphatic carboxylic acids is 1. The number of hydrogen-bond donors (Lipinski definition) is 10. The molecule has 0 saturated heterocycles. The van der Waals surface area contributed by atoms with Crippen molar-refractivity contribution in [3.8, 4) is 22.8 Å². The fraction of sp³-hybridized carbons (Fsp3) is 0.308. The van der Waals surface area contributed by atoms with Crippen molar-refractivity contribution in [3.63, 3.8) is 0 Å². The fourth-order valence-corrected chi connectivity index (χ4v) is 4.55. The Labute approximate surface area is 447 Å². The average Bonchev–Trinajstić information content (AvgIpc) is 3.96. The molecular formula is C39H62F8IN14O10SV-. The van der Waals surface area contributed by atoms with Crippen LogP contribution in [0.2, 0.25) is 0 Å². The molecule has 0 fully saturated rings. The number of aryl methyl sites for hydroxylation is 2. The minimum atomic E-state index is -10.4. The van der Waals surface area contributed by atoms with Crippen molar-refractivity contribution in [3.05, 3.63) is 82.8 Å². The van der Waals surface area contributed by atoms with Crippen LogP contribution in [0.25, 0.3) is 35.2 Å². The normalized spacial score (nSPS) is 10.6. The summed E-state index contributed by atoms with van der Waals surface area (Å²) in [6.07, 6.45) is 0.983. The first-order valence-electron chi connectivity index (χ1n) is 18.9. The number of nitrogens with one attached hydrogen (secondary N) is 6. The Hall–Kier alpha value is -6.44. The molecule has 4 rings (SSSR count). The van der Waals surface area contributed by atoms with Crippen LogP contribution in [0.5, 0.6) is 0 Å². The summed E-state index contributed by atoms with van der Waals surface area (Å²) in [7, 11) is -10.4. The van der Waals surface area contributed by atoms with Crippen LogP contribution in [0.4, 0.5) is 32.6 Å². The van der Waals surface area contributed by atoms with Gasteiger partial charge in [-0.05, 0) is 58.0 Å². The molecule has 4 amide bonds. The Morgan fingerprint density at radius 1 is 0.770 bits per heavy atom. The maximum Gasteiger partial charge on any atom is 0.416 e. The minimum absolute atomic E-state index is 0. The largest absolute Gasteiger partial charge is 0.478 e. The fourth-order valence-electron chi connectivity index (χ4n) is 3.85. The number of esters is 1. The number of amides is 4. The third-order valence-electron chi connectivity index (χ3n) is 6.30. The van der Waals surface area contributed by atoms with Gasteiger partial charge in [-0.3, -0.25) is 50.6 Å². The Morgan fingerprint density at radius 2 is 1.15 bits per heavy atom. The predicted octanol–water partition coefficient (Wildman–Crippen LogP) is 6.80. The molecule has 0 saturated carbocycles. The Kier molecular flexibility index (Phi) is 43.1. The zero-order chi connectivity index (χ0) is 56.4. The monoisotopic (exact) mass is 1250 g/mol. The number of benzene rings is 2. The number of nitrogens with two attached hydrogens (primary N) is 2. The van der Waals surface area contributed by atoms with Crippen molar-refractivity contribution in [1.29, 1.82) is 11.1 Å². The zero-order valence-corrected chi connectivity index (χ0v) is 44.3. The molecule has 4 aromatic rings. The molecule has 35 heteroatoms. The maximum absolute atomic E-state index is 13.1. The molecule has 2 aromatic heterocycles. The van der Waals surface area contributed by atoms with Gasteiger partial charge in [0.15, 0.2) is 11.6 Å². The van der Waals surface area contributed by atoms with Gasteiger partial charge < -0.3 is 43.0 Å². The van der Waals surface area contributed by atoms with E-state index in [0.29, 0.717) is 12.4 Å². The summed E-state index contributed by atoms with van der Waals surface area (Å²) in [6, 6.07) is 5.36. The first kappa shape index (κ1) is 81.6. The topological polar surface area (TPSA) is 393 Å². The van der Waals surface area contributed by atoms with Gasteiger partial charge in [-0.2, -0.15) is 13.2 Å². The number of aliphatic hydroxyl groups is 1. The molecule has 0 aliphatic carbocycles. The molecule has 0 bridgehead atoms. The van der Waals surface area contributed by atoms with E-state index in [1.54, 1.807) is 13.8 Å². The Balaban J connectivity index is -0.000000141. The van der Waals surface area contributed by atoms with Crippen molar-refractivity contribution >= 4 is 80.8 Å². The standard InChI is InChI=1S/C14H11F8N5O2S.C13H13N3O2.C4H8O2.2C2H6N2O.C2H6O.CH2I.CH4.H2N2.H2O.V.H2/c1-8(28)24-25-12(29)2-3-27-7-23-13(26-27)9-4-10(14(15,16)17)6-11(5-9)30(18,19,20,21)22;1-9-5-10(2)7-11(6-9)13-14-8-16(15-13)4-3-12(17)18;1-3-6-4(2)5;2*1-2(5)4-3;1-2-3;1-2;;1-2;;;/h2-7H,1H3,(H,24,28)(H,25,29);3-8H,1-2H3,(H,17,18);3H2,1-2H3;2*3H2,1H3,(H,4,5);3H,2H2,1H3;1H2;1H4;1-2H;1H2;;1H/q;;;;;;-1;;;;;/b3-2-;4-3-;;;;;;;;;;. The summed E-state index contributed by atoms with van der Waals surface area (Å²) >= 11 is 1.90. The van der Waals surface area contributed by atoms with Gasteiger partial charge in [-0.1, -0.05) is 44.0 Å². The SMILES string of the molecule is C.CC(=O)NN.CC(=O)NN.CC(=O)NNC(=O)/C=C\n1cnc(-c2cc(C(F)(F)F)cc(S(F)(F)(F)(F)F)c2)n1.CCO.CCOC(C)=O.Cc1cc(C)cc(-c2ncn(/C=C\C(=O)O)n2)c1.N=N.O.[CH2-]I.[HH].[V]. The summed E-state index contributed by atoms with van der Waals surface area (Å²) in [5.74, 6) is 5.87. The van der Waals surface area contributed by atoms with Gasteiger partial charge in [0.1, 0.15) is 17.6 Å². The van der Waals surface area contributed by atoms with E-state index in [-0.39, 0.29) is 69.4 Å². The molecule has 14 N–H and O–H groups in total. The van der Waals surface area contributed by atoms with Crippen molar-refractivity contribution < 1.29 is 102 Å². The number of ether oxygens (including phenoxy) is 1. The van der Waals surface area contributed by atoms with E-state index >= 15 is 0 Å². The number of halogens is 9. The number of aromatic nitrogens is 6. The van der Waals surface area contributed by atoms with Crippen LogP contribution in [0, 0.1) is 29.8 Å². The number of carbonyl (C=O) groups excluding carboxylic acids is 5. The van der Waals surface area contributed by atoms with Crippen LogP contribution in [-0.4, -0.2) is 94.0 Å². The Morgan fingerprint density at radius 3 is 1.45 bits per heavy atom. The quantitative estimate of drug-likeness (QED) is 0.00998. The first-order valence-corrected chi connectivity index (χ1v) is 22.3. The van der Waals surface area contributed by atoms with Gasteiger partial charge in [0.05, 0.1) is 12.2 Å². The second-order valence-electron chi connectivity index (χ2n) is 12.5. The summed E-state index contributed by atoms with van der Waals surface area (Å²) in [4.78, 5) is 69.5. The number of aliphatic hydroxyl groups excluding tert-OH is 1. The minimum Gasteiger partial charge on any atom is -0.478 e. The molecule has 24 nitrogen and oxygen atoms in total. The zero-order valence-electron chi connectivity index (χ0n) is 39.9. The van der Waals surface area contributed by atoms with E-state index in [1.807, 2.05) is 70.3 Å². The van der Waals surface area contributed by atoms with Gasteiger partial charge in [-0.25, -0.2) is 46.9 Å². The van der Waals surface area contributed by atoms with E-state index in [2.05, 4.69) is 47.6 Å². The van der Waals surface area contributed by atoms with E-state index in [4.69, 9.17) is 21.3 Å². The number of nitrogens with zero attached hydrogens (tertiary/aromatic N) is 6. The van der Waals surface area contributed by atoms with E-state index in [9.17, 15) is 61.4 Å². The van der Waals surface area contributed by atoms with Gasteiger partial charge in [0, 0.05) is 90.0 Å². The van der Waals surface area contributed by atoms with Gasteiger partial charge >= 0.3 is 28.3 Å². The number of carboxylic acids is 1. The third-order valence-corrected chi connectivity index (χ3v) is 7.43. The smallest absolute Gasteiger partial charge is 0.416 e. The molecule has 0 aliphatic rings. The van der Waals surface area contributed by atoms with Crippen molar-refractivity contribution in [2.45, 2.75) is 73.9 Å². The van der Waals surface area contributed by atoms with E-state index in [0.717, 1.165) is 53.0 Å². The van der Waals surface area contributed by atoms with Crippen molar-refractivity contribution in [1.82, 2.24) is 51.2 Å². The molecular weight excluding hydrogens is 1190 g/mol. The maximum atomic E-state index is 13.1. The number of hydrazine groups is 3. The number of hydrogen-bond acceptors (Lipinski definition) is 16. The molecule has 74 heavy (non-hydrogen) atoms. The molecule has 1 radical (unpaired) electrons. The summed E-state index contributed by atoms with van der Waals surface area (Å²) < 4.78 is 111. The Bertz CT molecular complexity index is 2360. The molecule has 423 valence electrons. The van der Waals surface area contributed by atoms with Gasteiger partial charge in [-0.15, -0.1) is 10.2 Å². The van der Waals surface area contributed by atoms with Gasteiger partial charge in [0.25, 0.3) is 5.91 Å². The number of rotatable bonds is 8. The van der Waals surface area contributed by atoms with E-state index < -0.39 is 62.1 Å². The van der Waals surface area contributed by atoms with Crippen LogP contribution in [0.3, 0.4) is 0 Å². The van der Waals surface area contributed by atoms with Gasteiger partial charge in [0.2, 0.25) is 17.7 Å².